The minimum Gasteiger partial charge on any atom is -0.319 e. The molecule has 0 aromatic heterocycles. The Morgan fingerprint density at radius 3 is 2.52 bits per heavy atom. The molecule has 0 bridgehead atoms. The number of hydrogen-bond donors (Lipinski definition) is 1. The summed E-state index contributed by atoms with van der Waals surface area (Å²) < 4.78 is 0. The third kappa shape index (κ3) is 2.29. The maximum absolute atomic E-state index is 3.37. The summed E-state index contributed by atoms with van der Waals surface area (Å²) in [7, 11) is 2.07. The van der Waals surface area contributed by atoms with E-state index in [1.807, 2.05) is 0 Å². The van der Waals surface area contributed by atoms with Crippen LogP contribution >= 0.6 is 12.4 Å². The van der Waals surface area contributed by atoms with Crippen LogP contribution in [0, 0.1) is 0 Å². The monoisotopic (exact) mass is 299 g/mol. The summed E-state index contributed by atoms with van der Waals surface area (Å²) in [5.74, 6) is 1.30. The second kappa shape index (κ2) is 5.82. The molecule has 0 amide bonds. The van der Waals surface area contributed by atoms with Gasteiger partial charge in [-0.15, -0.1) is 12.4 Å². The van der Waals surface area contributed by atoms with E-state index < -0.39 is 0 Å². The molecule has 0 saturated carbocycles. The maximum atomic E-state index is 3.37. The van der Waals surface area contributed by atoms with E-state index in [2.05, 4.69) is 54.8 Å². The van der Waals surface area contributed by atoms with Crippen molar-refractivity contribution in [2.75, 3.05) is 13.6 Å². The summed E-state index contributed by atoms with van der Waals surface area (Å²) in [4.78, 5) is 0. The van der Waals surface area contributed by atoms with Crippen LogP contribution < -0.4 is 5.32 Å². The van der Waals surface area contributed by atoms with Crippen LogP contribution in [0.5, 0.6) is 0 Å². The van der Waals surface area contributed by atoms with Crippen molar-refractivity contribution in [3.63, 3.8) is 0 Å². The first-order valence-corrected chi connectivity index (χ1v) is 7.72. The number of rotatable bonds is 2. The fourth-order valence-corrected chi connectivity index (χ4v) is 4.25. The quantitative estimate of drug-likeness (QED) is 0.882. The zero-order valence-corrected chi connectivity index (χ0v) is 13.2. The van der Waals surface area contributed by atoms with E-state index >= 15 is 0 Å². The van der Waals surface area contributed by atoms with Crippen molar-refractivity contribution < 1.29 is 0 Å². The Kier molecular flexibility index (Phi) is 4.05. The lowest BCUT2D eigenvalue weighted by molar-refractivity contribution is 0.596. The van der Waals surface area contributed by atoms with Gasteiger partial charge in [0.05, 0.1) is 0 Å². The molecule has 1 nitrogen and oxygen atoms in total. The highest BCUT2D eigenvalue weighted by Crippen LogP contribution is 2.48. The van der Waals surface area contributed by atoms with Crippen molar-refractivity contribution in [2.24, 2.45) is 0 Å². The van der Waals surface area contributed by atoms with Gasteiger partial charge in [0, 0.05) is 12.5 Å². The molecule has 0 heterocycles. The molecule has 0 spiro atoms. The molecule has 2 aliphatic rings. The third-order valence-corrected chi connectivity index (χ3v) is 5.08. The number of hydrogen-bond acceptors (Lipinski definition) is 1. The van der Waals surface area contributed by atoms with Crippen molar-refractivity contribution >= 4 is 12.4 Å². The second-order valence-corrected chi connectivity index (χ2v) is 6.16. The minimum absolute atomic E-state index is 0. The first-order chi connectivity index (χ1) is 9.88. The minimum atomic E-state index is 0. The van der Waals surface area contributed by atoms with Crippen molar-refractivity contribution in [1.82, 2.24) is 5.32 Å². The van der Waals surface area contributed by atoms with Crippen molar-refractivity contribution in [3.05, 3.63) is 70.3 Å². The van der Waals surface area contributed by atoms with E-state index in [0.29, 0.717) is 11.8 Å². The third-order valence-electron chi connectivity index (χ3n) is 5.08. The van der Waals surface area contributed by atoms with Gasteiger partial charge in [0.1, 0.15) is 0 Å². The SMILES string of the molecule is CNCC1CC2c3ccccc3CCc3cccc1c32.Cl. The average molecular weight is 300 g/mol. The van der Waals surface area contributed by atoms with Crippen LogP contribution in [0.3, 0.4) is 0 Å². The highest BCUT2D eigenvalue weighted by Gasteiger charge is 2.35. The first-order valence-electron chi connectivity index (χ1n) is 7.72. The molecule has 2 unspecified atom stereocenters. The Hall–Kier alpha value is -1.31. The standard InChI is InChI=1S/C19H21N.ClH/c1-20-12-15-11-18-16-7-3-2-5-13(16)9-10-14-6-4-8-17(15)19(14)18;/h2-8,15,18,20H,9-12H2,1H3;1H. The van der Waals surface area contributed by atoms with E-state index in [1.165, 1.54) is 19.3 Å². The van der Waals surface area contributed by atoms with Crippen molar-refractivity contribution in [1.29, 1.82) is 0 Å². The Bertz CT molecular complexity index is 650. The van der Waals surface area contributed by atoms with Crippen LogP contribution in [0.2, 0.25) is 0 Å². The molecular formula is C19H22ClN. The Balaban J connectivity index is 0.00000132. The van der Waals surface area contributed by atoms with Crippen LogP contribution in [-0.2, 0) is 12.8 Å². The zero-order valence-electron chi connectivity index (χ0n) is 12.4. The van der Waals surface area contributed by atoms with Gasteiger partial charge in [-0.1, -0.05) is 42.5 Å². The fourth-order valence-electron chi connectivity index (χ4n) is 4.25. The van der Waals surface area contributed by atoms with Gasteiger partial charge in [-0.25, -0.2) is 0 Å². The van der Waals surface area contributed by atoms with Gasteiger partial charge in [-0.05, 0) is 60.0 Å². The van der Waals surface area contributed by atoms with E-state index in [4.69, 9.17) is 0 Å². The summed E-state index contributed by atoms with van der Waals surface area (Å²) in [5.41, 5.74) is 7.97. The highest BCUT2D eigenvalue weighted by molar-refractivity contribution is 5.85. The second-order valence-electron chi connectivity index (χ2n) is 6.16. The van der Waals surface area contributed by atoms with Crippen LogP contribution in [0.4, 0.5) is 0 Å². The van der Waals surface area contributed by atoms with Gasteiger partial charge in [-0.3, -0.25) is 0 Å². The normalized spacial score (nSPS) is 22.0. The molecule has 2 atom stereocenters. The Morgan fingerprint density at radius 2 is 1.67 bits per heavy atom. The number of fused-ring (bicyclic) bond motifs is 2. The van der Waals surface area contributed by atoms with Crippen LogP contribution in [-0.4, -0.2) is 13.6 Å². The Morgan fingerprint density at radius 1 is 0.952 bits per heavy atom. The molecule has 2 aromatic carbocycles. The van der Waals surface area contributed by atoms with Crippen molar-refractivity contribution in [3.8, 4) is 0 Å². The lowest BCUT2D eigenvalue weighted by Crippen LogP contribution is -2.15. The first kappa shape index (κ1) is 14.6. The molecule has 0 saturated heterocycles. The van der Waals surface area contributed by atoms with E-state index in [1.54, 1.807) is 27.8 Å². The lowest BCUT2D eigenvalue weighted by Gasteiger charge is -2.15. The Labute approximate surface area is 133 Å². The predicted octanol–water partition coefficient (Wildman–Crippen LogP) is 4.05. The summed E-state index contributed by atoms with van der Waals surface area (Å²) in [5, 5.41) is 3.37. The molecule has 2 aliphatic carbocycles. The van der Waals surface area contributed by atoms with Gasteiger partial charge >= 0.3 is 0 Å². The predicted molar refractivity (Wildman–Crippen MR) is 90.7 cm³/mol. The van der Waals surface area contributed by atoms with E-state index in [9.17, 15) is 0 Å². The van der Waals surface area contributed by atoms with E-state index in [0.717, 1.165) is 6.54 Å². The molecule has 0 radical (unpaired) electrons. The molecule has 21 heavy (non-hydrogen) atoms. The molecule has 0 aliphatic heterocycles. The number of benzene rings is 2. The van der Waals surface area contributed by atoms with E-state index in [-0.39, 0.29) is 12.4 Å². The molecule has 2 aromatic rings. The highest BCUT2D eigenvalue weighted by atomic mass is 35.5. The van der Waals surface area contributed by atoms with Gasteiger partial charge in [0.25, 0.3) is 0 Å². The molecule has 4 rings (SSSR count). The summed E-state index contributed by atoms with van der Waals surface area (Å²) >= 11 is 0. The molecular weight excluding hydrogens is 278 g/mol. The largest absolute Gasteiger partial charge is 0.319 e. The number of nitrogens with one attached hydrogen (secondary N) is 1. The molecule has 2 heteroatoms. The number of likely N-dealkylation sites (N-methyl/N-ethyl adjacent to an activating group) is 1. The maximum Gasteiger partial charge on any atom is 0.0104 e. The smallest absolute Gasteiger partial charge is 0.0104 e. The average Bonchev–Trinajstić information content (AvgIpc) is 2.77. The fraction of sp³-hybridized carbons (Fsp3) is 0.368. The van der Waals surface area contributed by atoms with Crippen molar-refractivity contribution in [2.45, 2.75) is 31.1 Å². The molecule has 0 fully saturated rings. The van der Waals surface area contributed by atoms with Crippen LogP contribution in [0.1, 0.15) is 46.1 Å². The number of aryl methyl sites for hydroxylation is 2. The van der Waals surface area contributed by atoms with Gasteiger partial charge < -0.3 is 5.32 Å². The lowest BCUT2D eigenvalue weighted by atomic mass is 9.89. The summed E-state index contributed by atoms with van der Waals surface area (Å²) in [6.07, 6.45) is 3.66. The van der Waals surface area contributed by atoms with Gasteiger partial charge in [0.2, 0.25) is 0 Å². The summed E-state index contributed by atoms with van der Waals surface area (Å²) in [6.45, 7) is 1.09. The number of halogens is 1. The van der Waals surface area contributed by atoms with Crippen LogP contribution in [0.15, 0.2) is 42.5 Å². The topological polar surface area (TPSA) is 12.0 Å². The molecule has 110 valence electrons. The zero-order chi connectivity index (χ0) is 13.5. The van der Waals surface area contributed by atoms with Crippen LogP contribution in [0.25, 0.3) is 0 Å². The summed E-state index contributed by atoms with van der Waals surface area (Å²) in [6, 6.07) is 16.0. The van der Waals surface area contributed by atoms with Gasteiger partial charge in [-0.2, -0.15) is 0 Å². The van der Waals surface area contributed by atoms with Gasteiger partial charge in [0.15, 0.2) is 0 Å². The molecule has 1 N–H and O–H groups in total.